The summed E-state index contributed by atoms with van der Waals surface area (Å²) in [5.74, 6) is 0.552. The third-order valence-electron chi connectivity index (χ3n) is 3.73. The van der Waals surface area contributed by atoms with E-state index in [0.29, 0.717) is 28.4 Å². The number of nitrogen functional groups attached to an aromatic ring is 1. The lowest BCUT2D eigenvalue weighted by atomic mass is 10.1. The molecule has 1 fully saturated rings. The van der Waals surface area contributed by atoms with E-state index in [2.05, 4.69) is 24.1 Å². The number of nitrogens with two attached hydrogens (primary N) is 1. The first kappa shape index (κ1) is 16.1. The second-order valence-corrected chi connectivity index (χ2v) is 6.63. The minimum Gasteiger partial charge on any atom is -0.397 e. The molecule has 0 heterocycles. The fraction of sp³-hybridized carbons (Fsp3) is 0.562. The van der Waals surface area contributed by atoms with E-state index in [1.165, 1.54) is 12.8 Å². The average Bonchev–Trinajstić information content (AvgIpc) is 3.23. The van der Waals surface area contributed by atoms with Crippen LogP contribution in [0.25, 0.3) is 0 Å². The minimum atomic E-state index is -0.142. The lowest BCUT2D eigenvalue weighted by Crippen LogP contribution is -2.45. The van der Waals surface area contributed by atoms with E-state index < -0.39 is 0 Å². The number of amides is 1. The van der Waals surface area contributed by atoms with Gasteiger partial charge >= 0.3 is 0 Å². The highest BCUT2D eigenvalue weighted by molar-refractivity contribution is 6.33. The van der Waals surface area contributed by atoms with Gasteiger partial charge in [-0.05, 0) is 43.9 Å². The number of hydrogen-bond donors (Lipinski definition) is 2. The van der Waals surface area contributed by atoms with Crippen LogP contribution in [0.15, 0.2) is 18.2 Å². The van der Waals surface area contributed by atoms with Gasteiger partial charge in [-0.15, -0.1) is 0 Å². The van der Waals surface area contributed by atoms with E-state index in [4.69, 9.17) is 17.3 Å². The molecule has 0 radical (unpaired) electrons. The number of nitrogens with zero attached hydrogens (tertiary/aromatic N) is 1. The quantitative estimate of drug-likeness (QED) is 0.792. The molecule has 21 heavy (non-hydrogen) atoms. The number of anilines is 2. The van der Waals surface area contributed by atoms with Gasteiger partial charge in [-0.25, -0.2) is 0 Å². The van der Waals surface area contributed by atoms with Crippen molar-refractivity contribution in [2.45, 2.75) is 45.7 Å². The maximum absolute atomic E-state index is 12.4. The van der Waals surface area contributed by atoms with Gasteiger partial charge < -0.3 is 11.1 Å². The van der Waals surface area contributed by atoms with Crippen LogP contribution in [-0.4, -0.2) is 29.4 Å². The SMILES string of the molecule is CC(C)CN(C1CC1)C(C)C(=O)Nc1ccc(Cl)c(N)c1. The summed E-state index contributed by atoms with van der Waals surface area (Å²) in [5, 5.41) is 3.43. The monoisotopic (exact) mass is 309 g/mol. The molecule has 1 saturated carbocycles. The Morgan fingerprint density at radius 2 is 2.10 bits per heavy atom. The fourth-order valence-corrected chi connectivity index (χ4v) is 2.59. The lowest BCUT2D eigenvalue weighted by molar-refractivity contribution is -0.121. The predicted molar refractivity (Wildman–Crippen MR) is 88.5 cm³/mol. The van der Waals surface area contributed by atoms with Crippen molar-refractivity contribution in [2.24, 2.45) is 5.92 Å². The van der Waals surface area contributed by atoms with Crippen molar-refractivity contribution in [2.75, 3.05) is 17.6 Å². The molecule has 116 valence electrons. The Hall–Kier alpha value is -1.26. The Balaban J connectivity index is 2.01. The van der Waals surface area contributed by atoms with Crippen LogP contribution in [0.4, 0.5) is 11.4 Å². The number of halogens is 1. The highest BCUT2D eigenvalue weighted by atomic mass is 35.5. The van der Waals surface area contributed by atoms with Gasteiger partial charge in [-0.2, -0.15) is 0 Å². The summed E-state index contributed by atoms with van der Waals surface area (Å²) < 4.78 is 0. The first-order valence-corrected chi connectivity index (χ1v) is 7.88. The molecule has 0 aromatic heterocycles. The van der Waals surface area contributed by atoms with E-state index in [-0.39, 0.29) is 11.9 Å². The van der Waals surface area contributed by atoms with E-state index in [0.717, 1.165) is 6.54 Å². The summed E-state index contributed by atoms with van der Waals surface area (Å²) in [5.41, 5.74) is 6.93. The van der Waals surface area contributed by atoms with E-state index in [1.807, 2.05) is 6.92 Å². The Labute approximate surface area is 131 Å². The molecule has 0 aliphatic heterocycles. The maximum Gasteiger partial charge on any atom is 0.241 e. The molecule has 0 spiro atoms. The number of nitrogens with one attached hydrogen (secondary N) is 1. The summed E-state index contributed by atoms with van der Waals surface area (Å²) in [7, 11) is 0. The van der Waals surface area contributed by atoms with Crippen LogP contribution in [0.2, 0.25) is 5.02 Å². The zero-order valence-electron chi connectivity index (χ0n) is 12.9. The normalized spacial score (nSPS) is 16.3. The number of benzene rings is 1. The summed E-state index contributed by atoms with van der Waals surface area (Å²) >= 11 is 5.89. The summed E-state index contributed by atoms with van der Waals surface area (Å²) in [6, 6.07) is 5.58. The van der Waals surface area contributed by atoms with Crippen LogP contribution in [0.1, 0.15) is 33.6 Å². The first-order valence-electron chi connectivity index (χ1n) is 7.50. The molecular weight excluding hydrogens is 286 g/mol. The maximum atomic E-state index is 12.4. The van der Waals surface area contributed by atoms with Crippen molar-refractivity contribution in [3.8, 4) is 0 Å². The number of hydrogen-bond acceptors (Lipinski definition) is 3. The van der Waals surface area contributed by atoms with Crippen LogP contribution in [0.3, 0.4) is 0 Å². The molecule has 1 aromatic carbocycles. The molecule has 1 atom stereocenters. The van der Waals surface area contributed by atoms with Gasteiger partial charge in [-0.3, -0.25) is 9.69 Å². The second kappa shape index (κ2) is 6.67. The predicted octanol–water partition coefficient (Wildman–Crippen LogP) is 3.37. The average molecular weight is 310 g/mol. The van der Waals surface area contributed by atoms with Gasteiger partial charge in [0.1, 0.15) is 0 Å². The molecule has 1 amide bonds. The Bertz CT molecular complexity index is 514. The molecule has 4 nitrogen and oxygen atoms in total. The standard InChI is InChI=1S/C16H24ClN3O/c1-10(2)9-20(13-5-6-13)11(3)16(21)19-12-4-7-14(17)15(18)8-12/h4,7-8,10-11,13H,5-6,9,18H2,1-3H3,(H,19,21). The minimum absolute atomic E-state index is 0.00396. The Morgan fingerprint density at radius 3 is 2.62 bits per heavy atom. The van der Waals surface area contributed by atoms with Crippen LogP contribution < -0.4 is 11.1 Å². The lowest BCUT2D eigenvalue weighted by Gasteiger charge is -2.29. The smallest absolute Gasteiger partial charge is 0.241 e. The fourth-order valence-electron chi connectivity index (χ4n) is 2.47. The molecule has 0 bridgehead atoms. The van der Waals surface area contributed by atoms with E-state index in [1.54, 1.807) is 18.2 Å². The molecular formula is C16H24ClN3O. The van der Waals surface area contributed by atoms with Gasteiger partial charge in [0.25, 0.3) is 0 Å². The van der Waals surface area contributed by atoms with E-state index >= 15 is 0 Å². The van der Waals surface area contributed by atoms with Gasteiger partial charge in [0.15, 0.2) is 0 Å². The molecule has 1 aromatic rings. The third-order valence-corrected chi connectivity index (χ3v) is 4.08. The molecule has 1 aliphatic carbocycles. The van der Waals surface area contributed by atoms with Crippen LogP contribution >= 0.6 is 11.6 Å². The number of carbonyl (C=O) groups is 1. The topological polar surface area (TPSA) is 58.4 Å². The van der Waals surface area contributed by atoms with Crippen molar-refractivity contribution in [1.82, 2.24) is 4.90 Å². The Morgan fingerprint density at radius 1 is 1.43 bits per heavy atom. The zero-order valence-corrected chi connectivity index (χ0v) is 13.7. The third kappa shape index (κ3) is 4.35. The van der Waals surface area contributed by atoms with Crippen LogP contribution in [-0.2, 0) is 4.79 Å². The van der Waals surface area contributed by atoms with Crippen LogP contribution in [0.5, 0.6) is 0 Å². The molecule has 1 unspecified atom stereocenters. The summed E-state index contributed by atoms with van der Waals surface area (Å²) in [6.07, 6.45) is 2.39. The molecule has 0 saturated heterocycles. The Kier molecular flexibility index (Phi) is 5.12. The van der Waals surface area contributed by atoms with Crippen molar-refractivity contribution in [3.63, 3.8) is 0 Å². The highest BCUT2D eigenvalue weighted by Gasteiger charge is 2.35. The largest absolute Gasteiger partial charge is 0.397 e. The van der Waals surface area contributed by atoms with Crippen LogP contribution in [0, 0.1) is 5.92 Å². The molecule has 5 heteroatoms. The van der Waals surface area contributed by atoms with Gasteiger partial charge in [-0.1, -0.05) is 25.4 Å². The number of rotatable bonds is 6. The highest BCUT2D eigenvalue weighted by Crippen LogP contribution is 2.30. The second-order valence-electron chi connectivity index (χ2n) is 6.22. The van der Waals surface area contributed by atoms with Crippen molar-refractivity contribution in [3.05, 3.63) is 23.2 Å². The van der Waals surface area contributed by atoms with Gasteiger partial charge in [0.05, 0.1) is 16.8 Å². The van der Waals surface area contributed by atoms with Crippen molar-refractivity contribution >= 4 is 28.9 Å². The summed E-state index contributed by atoms with van der Waals surface area (Å²) in [4.78, 5) is 14.7. The van der Waals surface area contributed by atoms with Gasteiger partial charge in [0.2, 0.25) is 5.91 Å². The first-order chi connectivity index (χ1) is 9.88. The van der Waals surface area contributed by atoms with E-state index in [9.17, 15) is 4.79 Å². The molecule has 3 N–H and O–H groups in total. The number of carbonyl (C=O) groups excluding carboxylic acids is 1. The molecule has 2 rings (SSSR count). The molecule has 1 aliphatic rings. The summed E-state index contributed by atoms with van der Waals surface area (Å²) in [6.45, 7) is 7.27. The zero-order chi connectivity index (χ0) is 15.6. The van der Waals surface area contributed by atoms with Crippen molar-refractivity contribution < 1.29 is 4.79 Å². The van der Waals surface area contributed by atoms with Crippen molar-refractivity contribution in [1.29, 1.82) is 0 Å². The van der Waals surface area contributed by atoms with Gasteiger partial charge in [0, 0.05) is 18.3 Å².